The van der Waals surface area contributed by atoms with Gasteiger partial charge in [-0.05, 0) is 56.7 Å². The molecule has 7 nitrogen and oxygen atoms in total. The van der Waals surface area contributed by atoms with Crippen molar-refractivity contribution < 1.29 is 4.92 Å². The molecule has 2 N–H and O–H groups in total. The number of hydrogen-bond donors (Lipinski definition) is 1. The van der Waals surface area contributed by atoms with E-state index in [4.69, 9.17) is 5.73 Å². The number of piperidine rings is 1. The molecule has 1 fully saturated rings. The van der Waals surface area contributed by atoms with E-state index in [-0.39, 0.29) is 29.1 Å². The van der Waals surface area contributed by atoms with Gasteiger partial charge in [-0.3, -0.25) is 10.1 Å². The van der Waals surface area contributed by atoms with E-state index in [1.54, 1.807) is 0 Å². The fourth-order valence-electron chi connectivity index (χ4n) is 3.32. The van der Waals surface area contributed by atoms with Gasteiger partial charge in [0.1, 0.15) is 4.47 Å². The van der Waals surface area contributed by atoms with Crippen molar-refractivity contribution in [3.05, 3.63) is 25.1 Å². The van der Waals surface area contributed by atoms with Crippen molar-refractivity contribution in [3.8, 4) is 0 Å². The summed E-state index contributed by atoms with van der Waals surface area (Å²) in [4.78, 5) is 18.1. The molecule has 0 amide bonds. The van der Waals surface area contributed by atoms with Crippen LogP contribution in [0.1, 0.15) is 26.7 Å². The van der Waals surface area contributed by atoms with Crippen LogP contribution in [0.3, 0.4) is 0 Å². The third-order valence-corrected chi connectivity index (χ3v) is 6.32. The van der Waals surface area contributed by atoms with Gasteiger partial charge in [0.25, 0.3) is 0 Å². The van der Waals surface area contributed by atoms with E-state index in [0.29, 0.717) is 20.4 Å². The van der Waals surface area contributed by atoms with E-state index in [9.17, 15) is 10.1 Å². The van der Waals surface area contributed by atoms with Gasteiger partial charge in [-0.2, -0.15) is 0 Å². The zero-order valence-corrected chi connectivity index (χ0v) is 18.6. The first-order valence-electron chi connectivity index (χ1n) is 8.32. The molecular formula is C16H22Br2ClN5O2. The summed E-state index contributed by atoms with van der Waals surface area (Å²) in [6, 6.07) is 2.00. The maximum atomic E-state index is 11.6. The van der Waals surface area contributed by atoms with E-state index in [1.165, 1.54) is 0 Å². The second-order valence-corrected chi connectivity index (χ2v) is 8.56. The van der Waals surface area contributed by atoms with Gasteiger partial charge in [-0.25, -0.2) is 4.98 Å². The van der Waals surface area contributed by atoms with Crippen molar-refractivity contribution in [2.75, 3.05) is 18.0 Å². The molecule has 1 aromatic carbocycles. The molecule has 2 aromatic rings. The number of fused-ring (bicyclic) bond motifs is 1. The number of hydrogen-bond acceptors (Lipinski definition) is 5. The predicted molar refractivity (Wildman–Crippen MR) is 113 cm³/mol. The molecule has 1 aromatic heterocycles. The van der Waals surface area contributed by atoms with Gasteiger partial charge in [0.05, 0.1) is 10.4 Å². The minimum atomic E-state index is -0.379. The smallest absolute Gasteiger partial charge is 0.312 e. The third-order valence-electron chi connectivity index (χ3n) is 4.36. The van der Waals surface area contributed by atoms with Crippen LogP contribution in [0.5, 0.6) is 0 Å². The van der Waals surface area contributed by atoms with E-state index >= 15 is 0 Å². The topological polar surface area (TPSA) is 90.2 Å². The SMILES string of the molecule is CC(C)Cn1c(N2CCCC(N)C2)nc2c([N+](=O)[O-])c(Br)c(Br)cc21.Cl. The molecule has 0 aliphatic carbocycles. The van der Waals surface area contributed by atoms with Crippen molar-refractivity contribution in [2.24, 2.45) is 11.7 Å². The molecule has 1 aliphatic heterocycles. The first-order chi connectivity index (χ1) is 11.8. The fraction of sp³-hybridized carbons (Fsp3) is 0.562. The van der Waals surface area contributed by atoms with Crippen LogP contribution in [0.2, 0.25) is 0 Å². The van der Waals surface area contributed by atoms with Gasteiger partial charge in [0.2, 0.25) is 5.95 Å². The van der Waals surface area contributed by atoms with E-state index in [0.717, 1.165) is 43.9 Å². The summed E-state index contributed by atoms with van der Waals surface area (Å²) in [6.07, 6.45) is 2.00. The molecule has 0 bridgehead atoms. The number of imidazole rings is 1. The monoisotopic (exact) mass is 509 g/mol. The van der Waals surface area contributed by atoms with Crippen molar-refractivity contribution in [1.82, 2.24) is 9.55 Å². The van der Waals surface area contributed by atoms with Gasteiger partial charge >= 0.3 is 5.69 Å². The summed E-state index contributed by atoms with van der Waals surface area (Å²) in [5.41, 5.74) is 7.31. The molecule has 144 valence electrons. The van der Waals surface area contributed by atoms with Crippen molar-refractivity contribution in [1.29, 1.82) is 0 Å². The molecule has 0 radical (unpaired) electrons. The Morgan fingerprint density at radius 1 is 1.46 bits per heavy atom. The standard InChI is InChI=1S/C16H21Br2N5O2.ClH/c1-9(2)7-22-12-6-11(17)13(18)15(23(24)25)14(12)20-16(22)21-5-3-4-10(19)8-21;/h6,9-10H,3-5,7-8,19H2,1-2H3;1H. The minimum absolute atomic E-state index is 0. The van der Waals surface area contributed by atoms with Crippen LogP contribution in [-0.2, 0) is 6.54 Å². The zero-order valence-electron chi connectivity index (χ0n) is 14.6. The quantitative estimate of drug-likeness (QED) is 0.483. The molecule has 1 unspecified atom stereocenters. The number of nitro benzene ring substituents is 1. The van der Waals surface area contributed by atoms with Crippen LogP contribution < -0.4 is 10.6 Å². The molecule has 1 saturated heterocycles. The summed E-state index contributed by atoms with van der Waals surface area (Å²) in [7, 11) is 0. The van der Waals surface area contributed by atoms with Crippen LogP contribution in [0.25, 0.3) is 11.0 Å². The van der Waals surface area contributed by atoms with E-state index in [1.807, 2.05) is 6.07 Å². The maximum Gasteiger partial charge on any atom is 0.312 e. The van der Waals surface area contributed by atoms with Crippen LogP contribution in [0.15, 0.2) is 15.0 Å². The Morgan fingerprint density at radius 2 is 2.15 bits per heavy atom. The summed E-state index contributed by atoms with van der Waals surface area (Å²) in [6.45, 7) is 6.57. The summed E-state index contributed by atoms with van der Waals surface area (Å²) >= 11 is 6.75. The van der Waals surface area contributed by atoms with E-state index in [2.05, 4.69) is 60.2 Å². The lowest BCUT2D eigenvalue weighted by Gasteiger charge is -2.32. The Balaban J connectivity index is 0.00000243. The Morgan fingerprint density at radius 3 is 2.73 bits per heavy atom. The van der Waals surface area contributed by atoms with Crippen molar-refractivity contribution in [3.63, 3.8) is 0 Å². The number of nitrogens with two attached hydrogens (primary N) is 1. The van der Waals surface area contributed by atoms with Crippen LogP contribution in [0.4, 0.5) is 11.6 Å². The highest BCUT2D eigenvalue weighted by molar-refractivity contribution is 9.13. The first-order valence-corrected chi connectivity index (χ1v) is 9.91. The molecule has 10 heteroatoms. The fourth-order valence-corrected chi connectivity index (χ4v) is 4.17. The molecular weight excluding hydrogens is 489 g/mol. The van der Waals surface area contributed by atoms with Gasteiger partial charge in [-0.15, -0.1) is 12.4 Å². The predicted octanol–water partition coefficient (Wildman–Crippen LogP) is 4.47. The second-order valence-electron chi connectivity index (χ2n) is 6.91. The molecule has 0 spiro atoms. The highest BCUT2D eigenvalue weighted by atomic mass is 79.9. The number of nitro groups is 1. The Bertz CT molecular complexity index is 827. The Hall–Kier alpha value is -0.900. The largest absolute Gasteiger partial charge is 0.341 e. The highest BCUT2D eigenvalue weighted by Gasteiger charge is 2.29. The molecule has 3 rings (SSSR count). The van der Waals surface area contributed by atoms with Crippen LogP contribution >= 0.6 is 44.3 Å². The number of halogens is 3. The summed E-state index contributed by atoms with van der Waals surface area (Å²) in [5.74, 6) is 1.16. The Labute approximate surface area is 175 Å². The zero-order chi connectivity index (χ0) is 18.3. The molecule has 1 aliphatic rings. The molecule has 1 atom stereocenters. The van der Waals surface area contributed by atoms with Crippen LogP contribution in [-0.4, -0.2) is 33.6 Å². The van der Waals surface area contributed by atoms with Crippen molar-refractivity contribution >= 4 is 66.9 Å². The first kappa shape index (κ1) is 21.4. The molecule has 26 heavy (non-hydrogen) atoms. The lowest BCUT2D eigenvalue weighted by Crippen LogP contribution is -2.44. The minimum Gasteiger partial charge on any atom is -0.341 e. The number of rotatable bonds is 4. The Kier molecular flexibility index (Phi) is 6.92. The van der Waals surface area contributed by atoms with Gasteiger partial charge < -0.3 is 15.2 Å². The average molecular weight is 512 g/mol. The number of benzene rings is 1. The summed E-state index contributed by atoms with van der Waals surface area (Å²) < 4.78 is 3.15. The number of nitrogens with zero attached hydrogens (tertiary/aromatic N) is 4. The maximum absolute atomic E-state index is 11.6. The second kappa shape index (κ2) is 8.41. The third kappa shape index (κ3) is 4.00. The van der Waals surface area contributed by atoms with E-state index < -0.39 is 0 Å². The normalized spacial score (nSPS) is 17.6. The summed E-state index contributed by atoms with van der Waals surface area (Å²) in [5, 5.41) is 11.6. The van der Waals surface area contributed by atoms with Gasteiger partial charge in [0.15, 0.2) is 5.52 Å². The highest BCUT2D eigenvalue weighted by Crippen LogP contribution is 2.40. The number of anilines is 1. The lowest BCUT2D eigenvalue weighted by molar-refractivity contribution is -0.384. The number of aromatic nitrogens is 2. The molecule has 2 heterocycles. The lowest BCUT2D eigenvalue weighted by atomic mass is 10.1. The average Bonchev–Trinajstić information content (AvgIpc) is 2.85. The molecule has 0 saturated carbocycles. The van der Waals surface area contributed by atoms with Gasteiger partial charge in [-0.1, -0.05) is 13.8 Å². The van der Waals surface area contributed by atoms with Gasteiger partial charge in [0, 0.05) is 30.1 Å². The van der Waals surface area contributed by atoms with Crippen molar-refractivity contribution in [2.45, 2.75) is 39.3 Å². The van der Waals surface area contributed by atoms with Crippen LogP contribution in [0, 0.1) is 16.0 Å².